The third-order valence-corrected chi connectivity index (χ3v) is 3.82. The zero-order valence-electron chi connectivity index (χ0n) is 14.0. The molecule has 0 aromatic heterocycles. The standard InChI is InChI=1S/C21H18N2O3/c22-21(25)23-20(24)18-12-5-4-10-16(18)17-11-6-7-13-19(17)26-14-15-8-2-1-3-9-15/h1-13H,14H2,(H3,22,23,24,25). The highest BCUT2D eigenvalue weighted by atomic mass is 16.5. The van der Waals surface area contributed by atoms with E-state index in [0.29, 0.717) is 23.5 Å². The van der Waals surface area contributed by atoms with Gasteiger partial charge in [0.2, 0.25) is 0 Å². The molecule has 130 valence electrons. The molecule has 3 aromatic carbocycles. The number of urea groups is 1. The number of imide groups is 1. The van der Waals surface area contributed by atoms with Crippen molar-refractivity contribution in [2.24, 2.45) is 5.73 Å². The lowest BCUT2D eigenvalue weighted by Crippen LogP contribution is -2.35. The number of hydrogen-bond acceptors (Lipinski definition) is 3. The van der Waals surface area contributed by atoms with Crippen molar-refractivity contribution in [3.8, 4) is 16.9 Å². The smallest absolute Gasteiger partial charge is 0.319 e. The number of carbonyl (C=O) groups excluding carboxylic acids is 2. The number of amides is 3. The lowest BCUT2D eigenvalue weighted by molar-refractivity contribution is 0.0967. The van der Waals surface area contributed by atoms with Crippen molar-refractivity contribution >= 4 is 11.9 Å². The lowest BCUT2D eigenvalue weighted by atomic mass is 9.98. The van der Waals surface area contributed by atoms with Crippen LogP contribution in [0, 0.1) is 0 Å². The first kappa shape index (κ1) is 17.2. The van der Waals surface area contributed by atoms with Gasteiger partial charge in [0.05, 0.1) is 0 Å². The van der Waals surface area contributed by atoms with Gasteiger partial charge in [-0.25, -0.2) is 4.79 Å². The maximum atomic E-state index is 12.3. The molecule has 0 saturated carbocycles. The number of nitrogens with two attached hydrogens (primary N) is 1. The van der Waals surface area contributed by atoms with E-state index < -0.39 is 11.9 Å². The van der Waals surface area contributed by atoms with Crippen LogP contribution < -0.4 is 15.8 Å². The molecule has 0 radical (unpaired) electrons. The molecule has 26 heavy (non-hydrogen) atoms. The molecular weight excluding hydrogens is 328 g/mol. The van der Waals surface area contributed by atoms with Crippen LogP contribution >= 0.6 is 0 Å². The Morgan fingerprint density at radius 3 is 2.15 bits per heavy atom. The van der Waals surface area contributed by atoms with Crippen molar-refractivity contribution in [3.05, 3.63) is 90.0 Å². The summed E-state index contributed by atoms with van der Waals surface area (Å²) in [6.07, 6.45) is 0. The summed E-state index contributed by atoms with van der Waals surface area (Å²) in [6, 6.07) is 23.4. The minimum atomic E-state index is -0.890. The Balaban J connectivity index is 1.93. The van der Waals surface area contributed by atoms with Crippen LogP contribution in [0.25, 0.3) is 11.1 Å². The molecule has 3 amide bonds. The van der Waals surface area contributed by atoms with E-state index in [4.69, 9.17) is 10.5 Å². The largest absolute Gasteiger partial charge is 0.488 e. The third-order valence-electron chi connectivity index (χ3n) is 3.82. The predicted octanol–water partition coefficient (Wildman–Crippen LogP) is 3.74. The molecule has 0 heterocycles. The molecule has 5 heteroatoms. The molecule has 0 unspecified atom stereocenters. The fourth-order valence-corrected chi connectivity index (χ4v) is 2.65. The Hall–Kier alpha value is -3.60. The average Bonchev–Trinajstić information content (AvgIpc) is 2.67. The molecule has 3 rings (SSSR count). The van der Waals surface area contributed by atoms with Crippen molar-refractivity contribution in [1.29, 1.82) is 0 Å². The van der Waals surface area contributed by atoms with Gasteiger partial charge in [-0.2, -0.15) is 0 Å². The van der Waals surface area contributed by atoms with Crippen molar-refractivity contribution in [3.63, 3.8) is 0 Å². The van der Waals surface area contributed by atoms with Crippen molar-refractivity contribution in [1.82, 2.24) is 5.32 Å². The summed E-state index contributed by atoms with van der Waals surface area (Å²) in [4.78, 5) is 23.3. The number of benzene rings is 3. The summed E-state index contributed by atoms with van der Waals surface area (Å²) in [6.45, 7) is 0.410. The summed E-state index contributed by atoms with van der Waals surface area (Å²) in [5, 5.41) is 2.11. The van der Waals surface area contributed by atoms with Gasteiger partial charge in [0.15, 0.2) is 0 Å². The Bertz CT molecular complexity index is 923. The van der Waals surface area contributed by atoms with E-state index >= 15 is 0 Å². The van der Waals surface area contributed by atoms with Crippen LogP contribution in [0.5, 0.6) is 5.75 Å². The predicted molar refractivity (Wildman–Crippen MR) is 99.7 cm³/mol. The van der Waals surface area contributed by atoms with Gasteiger partial charge in [-0.1, -0.05) is 66.7 Å². The zero-order valence-corrected chi connectivity index (χ0v) is 14.0. The molecule has 0 spiro atoms. The van der Waals surface area contributed by atoms with Crippen LogP contribution in [0.3, 0.4) is 0 Å². The Morgan fingerprint density at radius 2 is 1.42 bits per heavy atom. The number of hydrogen-bond donors (Lipinski definition) is 2. The molecule has 3 aromatic rings. The van der Waals surface area contributed by atoms with Crippen LogP contribution in [0.4, 0.5) is 4.79 Å². The average molecular weight is 346 g/mol. The van der Waals surface area contributed by atoms with Gasteiger partial charge in [0.25, 0.3) is 5.91 Å². The van der Waals surface area contributed by atoms with E-state index in [1.165, 1.54) is 0 Å². The first-order valence-corrected chi connectivity index (χ1v) is 8.11. The number of ether oxygens (including phenoxy) is 1. The van der Waals surface area contributed by atoms with Gasteiger partial charge in [-0.3, -0.25) is 10.1 Å². The monoisotopic (exact) mass is 346 g/mol. The molecule has 0 bridgehead atoms. The van der Waals surface area contributed by atoms with Crippen molar-refractivity contribution in [2.75, 3.05) is 0 Å². The number of para-hydroxylation sites is 1. The summed E-state index contributed by atoms with van der Waals surface area (Å²) in [7, 11) is 0. The van der Waals surface area contributed by atoms with E-state index in [0.717, 1.165) is 11.1 Å². The fraction of sp³-hybridized carbons (Fsp3) is 0.0476. The summed E-state index contributed by atoms with van der Waals surface area (Å²) in [5.41, 5.74) is 7.88. The first-order chi connectivity index (χ1) is 12.6. The second-order valence-electron chi connectivity index (χ2n) is 5.63. The second kappa shape index (κ2) is 7.98. The van der Waals surface area contributed by atoms with E-state index in [1.807, 2.05) is 60.7 Å². The lowest BCUT2D eigenvalue weighted by Gasteiger charge is -2.14. The Labute approximate surface area is 151 Å². The zero-order chi connectivity index (χ0) is 18.4. The topological polar surface area (TPSA) is 81.4 Å². The Kier molecular flexibility index (Phi) is 5.29. The van der Waals surface area contributed by atoms with E-state index in [2.05, 4.69) is 5.32 Å². The molecule has 3 N–H and O–H groups in total. The van der Waals surface area contributed by atoms with E-state index in [-0.39, 0.29) is 0 Å². The fourth-order valence-electron chi connectivity index (χ4n) is 2.65. The van der Waals surface area contributed by atoms with Gasteiger partial charge in [0.1, 0.15) is 12.4 Å². The molecule has 0 aliphatic heterocycles. The quantitative estimate of drug-likeness (QED) is 0.738. The van der Waals surface area contributed by atoms with Crippen LogP contribution in [0.15, 0.2) is 78.9 Å². The highest BCUT2D eigenvalue weighted by Crippen LogP contribution is 2.32. The minimum absolute atomic E-state index is 0.349. The summed E-state index contributed by atoms with van der Waals surface area (Å²) in [5.74, 6) is 0.0987. The van der Waals surface area contributed by atoms with Crippen molar-refractivity contribution < 1.29 is 14.3 Å². The van der Waals surface area contributed by atoms with Crippen LogP contribution in [0.2, 0.25) is 0 Å². The number of nitrogens with one attached hydrogen (secondary N) is 1. The van der Waals surface area contributed by atoms with Crippen LogP contribution in [-0.2, 0) is 6.61 Å². The summed E-state index contributed by atoms with van der Waals surface area (Å²) >= 11 is 0. The van der Waals surface area contributed by atoms with E-state index in [1.54, 1.807) is 18.2 Å². The highest BCUT2D eigenvalue weighted by Gasteiger charge is 2.16. The molecule has 0 saturated heterocycles. The summed E-state index contributed by atoms with van der Waals surface area (Å²) < 4.78 is 5.97. The Morgan fingerprint density at radius 1 is 0.808 bits per heavy atom. The van der Waals surface area contributed by atoms with Gasteiger partial charge in [-0.15, -0.1) is 0 Å². The van der Waals surface area contributed by atoms with Crippen LogP contribution in [0.1, 0.15) is 15.9 Å². The maximum Gasteiger partial charge on any atom is 0.319 e. The van der Waals surface area contributed by atoms with Gasteiger partial charge in [-0.05, 0) is 23.3 Å². The minimum Gasteiger partial charge on any atom is -0.488 e. The molecule has 0 aliphatic rings. The number of rotatable bonds is 5. The number of primary amides is 1. The van der Waals surface area contributed by atoms with Gasteiger partial charge in [0, 0.05) is 11.1 Å². The molecule has 0 atom stereocenters. The molecule has 0 fully saturated rings. The maximum absolute atomic E-state index is 12.3. The second-order valence-corrected chi connectivity index (χ2v) is 5.63. The van der Waals surface area contributed by atoms with E-state index in [9.17, 15) is 9.59 Å². The number of carbonyl (C=O) groups is 2. The normalized spacial score (nSPS) is 10.2. The molecular formula is C21H18N2O3. The van der Waals surface area contributed by atoms with Crippen molar-refractivity contribution in [2.45, 2.75) is 6.61 Å². The van der Waals surface area contributed by atoms with Gasteiger partial charge >= 0.3 is 6.03 Å². The SMILES string of the molecule is NC(=O)NC(=O)c1ccccc1-c1ccccc1OCc1ccccc1. The third kappa shape index (κ3) is 4.08. The molecule has 0 aliphatic carbocycles. The van der Waals surface area contributed by atoms with Crippen LogP contribution in [-0.4, -0.2) is 11.9 Å². The molecule has 5 nitrogen and oxygen atoms in total. The first-order valence-electron chi connectivity index (χ1n) is 8.11. The van der Waals surface area contributed by atoms with Gasteiger partial charge < -0.3 is 10.5 Å². The highest BCUT2D eigenvalue weighted by molar-refractivity contribution is 6.08.